The predicted octanol–water partition coefficient (Wildman–Crippen LogP) is 3.56. The molecule has 0 saturated heterocycles. The van der Waals surface area contributed by atoms with Crippen LogP contribution in [0.15, 0.2) is 21.8 Å². The number of terminal acetylenes is 1. The van der Waals surface area contributed by atoms with Crippen molar-refractivity contribution in [1.29, 1.82) is 0 Å². The highest BCUT2D eigenvalue weighted by molar-refractivity contribution is 7.99. The van der Waals surface area contributed by atoms with Crippen LogP contribution in [0.3, 0.4) is 0 Å². The van der Waals surface area contributed by atoms with Gasteiger partial charge in [-0.15, -0.1) is 18.2 Å². The number of aryl methyl sites for hydroxylation is 1. The van der Waals surface area contributed by atoms with Gasteiger partial charge in [-0.2, -0.15) is 0 Å². The lowest BCUT2D eigenvalue weighted by Crippen LogP contribution is -2.19. The topological polar surface area (TPSA) is 37.8 Å². The number of halogens is 2. The average Bonchev–Trinajstić information content (AvgIpc) is 2.84. The molecule has 3 rings (SSSR count). The number of nitrogens with zero attached hydrogens (tertiary/aromatic N) is 1. The van der Waals surface area contributed by atoms with Crippen LogP contribution < -0.4 is 5.56 Å². The number of hydrogen-bond acceptors (Lipinski definition) is 2. The summed E-state index contributed by atoms with van der Waals surface area (Å²) in [4.78, 5) is 13.1. The molecule has 1 N–H and O–H groups in total. The number of H-pyrrole nitrogens is 1. The molecule has 0 bridgehead atoms. The molecule has 1 aliphatic carbocycles. The number of benzene rings is 1. The molecule has 0 atom stereocenters. The fraction of sp³-hybridized carbons (Fsp3) is 0.312. The summed E-state index contributed by atoms with van der Waals surface area (Å²) in [7, 11) is 0. The molecule has 1 aromatic carbocycles. The number of rotatable bonds is 3. The van der Waals surface area contributed by atoms with Gasteiger partial charge in [-0.1, -0.05) is 17.5 Å². The van der Waals surface area contributed by atoms with Crippen LogP contribution in [0.2, 0.25) is 5.02 Å². The summed E-state index contributed by atoms with van der Waals surface area (Å²) in [5.74, 6) is 2.40. The van der Waals surface area contributed by atoms with Gasteiger partial charge >= 0.3 is 0 Å². The zero-order valence-corrected chi connectivity index (χ0v) is 13.4. The van der Waals surface area contributed by atoms with Crippen molar-refractivity contribution < 1.29 is 4.39 Å². The summed E-state index contributed by atoms with van der Waals surface area (Å²) in [6, 6.07) is 2.80. The highest BCUT2D eigenvalue weighted by Gasteiger charge is 2.20. The molecular formula is C16H14ClFN2OS. The maximum atomic E-state index is 14.3. The van der Waals surface area contributed by atoms with Crippen molar-refractivity contribution in [2.45, 2.75) is 30.6 Å². The van der Waals surface area contributed by atoms with E-state index in [1.54, 1.807) is 6.07 Å². The molecule has 0 aliphatic heterocycles. The largest absolute Gasteiger partial charge is 0.295 e. The molecule has 0 spiro atoms. The summed E-state index contributed by atoms with van der Waals surface area (Å²) in [5, 5.41) is 3.33. The molecule has 1 aromatic heterocycles. The summed E-state index contributed by atoms with van der Waals surface area (Å²) >= 11 is 7.38. The van der Waals surface area contributed by atoms with Crippen LogP contribution in [0.5, 0.6) is 0 Å². The van der Waals surface area contributed by atoms with Crippen molar-refractivity contribution in [2.75, 3.05) is 5.75 Å². The Morgan fingerprint density at radius 3 is 2.91 bits per heavy atom. The maximum absolute atomic E-state index is 14.3. The number of fused-ring (bicyclic) bond motifs is 1. The first-order valence-corrected chi connectivity index (χ1v) is 8.36. The van der Waals surface area contributed by atoms with Crippen molar-refractivity contribution in [3.05, 3.63) is 44.6 Å². The van der Waals surface area contributed by atoms with Gasteiger partial charge in [0.25, 0.3) is 5.56 Å². The molecule has 6 heteroatoms. The van der Waals surface area contributed by atoms with E-state index in [1.165, 1.54) is 22.5 Å². The van der Waals surface area contributed by atoms with Gasteiger partial charge < -0.3 is 0 Å². The smallest absolute Gasteiger partial charge is 0.274 e. The molecule has 1 heterocycles. The van der Waals surface area contributed by atoms with Gasteiger partial charge in [-0.3, -0.25) is 9.89 Å². The predicted molar refractivity (Wildman–Crippen MR) is 87.6 cm³/mol. The van der Waals surface area contributed by atoms with Crippen LogP contribution in [-0.4, -0.2) is 15.5 Å². The molecule has 0 saturated carbocycles. The summed E-state index contributed by atoms with van der Waals surface area (Å²) in [6.45, 7) is 0. The Morgan fingerprint density at radius 2 is 2.18 bits per heavy atom. The minimum absolute atomic E-state index is 0.177. The van der Waals surface area contributed by atoms with Gasteiger partial charge in [-0.25, -0.2) is 9.07 Å². The highest BCUT2D eigenvalue weighted by Crippen LogP contribution is 2.31. The van der Waals surface area contributed by atoms with E-state index in [2.05, 4.69) is 11.0 Å². The lowest BCUT2D eigenvalue weighted by molar-refractivity contribution is 0.605. The van der Waals surface area contributed by atoms with E-state index < -0.39 is 5.82 Å². The molecule has 0 unspecified atom stereocenters. The molecule has 2 aromatic rings. The van der Waals surface area contributed by atoms with E-state index in [0.29, 0.717) is 15.7 Å². The first-order valence-electron chi connectivity index (χ1n) is 7.00. The minimum atomic E-state index is -0.532. The highest BCUT2D eigenvalue weighted by atomic mass is 35.5. The maximum Gasteiger partial charge on any atom is 0.274 e. The Balaban J connectivity index is 2.10. The van der Waals surface area contributed by atoms with Crippen LogP contribution in [0.25, 0.3) is 5.69 Å². The van der Waals surface area contributed by atoms with E-state index in [1.807, 2.05) is 0 Å². The number of hydrogen-bond donors (Lipinski definition) is 1. The van der Waals surface area contributed by atoms with Crippen LogP contribution in [0.1, 0.15) is 24.1 Å². The van der Waals surface area contributed by atoms with E-state index in [4.69, 9.17) is 18.0 Å². The molecule has 1 aliphatic rings. The molecule has 0 amide bonds. The Labute approximate surface area is 136 Å². The van der Waals surface area contributed by atoms with Gasteiger partial charge in [0.05, 0.1) is 10.8 Å². The second kappa shape index (κ2) is 6.23. The summed E-state index contributed by atoms with van der Waals surface area (Å²) in [5.41, 5.74) is 1.67. The average molecular weight is 337 g/mol. The quantitative estimate of drug-likeness (QED) is 0.687. The Morgan fingerprint density at radius 1 is 1.41 bits per heavy atom. The first-order chi connectivity index (χ1) is 10.6. The molecule has 114 valence electrons. The molecule has 0 radical (unpaired) electrons. The van der Waals surface area contributed by atoms with Crippen LogP contribution in [0.4, 0.5) is 4.39 Å². The van der Waals surface area contributed by atoms with E-state index in [0.717, 1.165) is 36.9 Å². The van der Waals surface area contributed by atoms with Crippen LogP contribution in [-0.2, 0) is 12.8 Å². The minimum Gasteiger partial charge on any atom is -0.295 e. The zero-order chi connectivity index (χ0) is 15.7. The molecule has 0 fully saturated rings. The van der Waals surface area contributed by atoms with E-state index >= 15 is 0 Å². The molecule has 22 heavy (non-hydrogen) atoms. The third kappa shape index (κ3) is 2.69. The van der Waals surface area contributed by atoms with Crippen molar-refractivity contribution in [3.8, 4) is 18.0 Å². The lowest BCUT2D eigenvalue weighted by atomic mass is 9.98. The van der Waals surface area contributed by atoms with E-state index in [-0.39, 0.29) is 11.2 Å². The third-order valence-corrected chi connectivity index (χ3v) is 5.11. The Kier molecular flexibility index (Phi) is 4.32. The van der Waals surface area contributed by atoms with Crippen LogP contribution in [0, 0.1) is 18.2 Å². The standard InChI is InChI=1S/C16H14ClFN2OS/c1-2-7-22-15-9-14(12(18)8-11(15)17)20-16(21)10-5-3-4-6-13(10)19-20/h1,8-9,19H,3-7H2. The summed E-state index contributed by atoms with van der Waals surface area (Å²) in [6.07, 6.45) is 8.85. The van der Waals surface area contributed by atoms with Gasteiger partial charge in [0.1, 0.15) is 11.5 Å². The van der Waals surface area contributed by atoms with Gasteiger partial charge in [-0.05, 0) is 37.8 Å². The van der Waals surface area contributed by atoms with Crippen molar-refractivity contribution >= 4 is 23.4 Å². The van der Waals surface area contributed by atoms with Gasteiger partial charge in [0.2, 0.25) is 0 Å². The number of nitrogens with one attached hydrogen (secondary N) is 1. The Bertz CT molecular complexity index is 819. The third-order valence-electron chi connectivity index (χ3n) is 3.73. The number of aromatic nitrogens is 2. The second-order valence-electron chi connectivity index (χ2n) is 5.14. The summed E-state index contributed by atoms with van der Waals surface area (Å²) < 4.78 is 15.5. The normalized spacial score (nSPS) is 13.7. The first kappa shape index (κ1) is 15.3. The zero-order valence-electron chi connectivity index (χ0n) is 11.8. The fourth-order valence-electron chi connectivity index (χ4n) is 2.67. The lowest BCUT2D eigenvalue weighted by Gasteiger charge is -2.08. The monoisotopic (exact) mass is 336 g/mol. The van der Waals surface area contributed by atoms with Crippen LogP contribution >= 0.6 is 23.4 Å². The molecular weight excluding hydrogens is 323 g/mol. The fourth-order valence-corrected chi connectivity index (χ4v) is 3.62. The number of aromatic amines is 1. The molecule has 3 nitrogen and oxygen atoms in total. The van der Waals surface area contributed by atoms with Gasteiger partial charge in [0.15, 0.2) is 0 Å². The van der Waals surface area contributed by atoms with E-state index in [9.17, 15) is 9.18 Å². The second-order valence-corrected chi connectivity index (χ2v) is 6.57. The SMILES string of the molecule is C#CCSc1cc(-n2[nH]c3c(c2=O)CCCC3)c(F)cc1Cl. The van der Waals surface area contributed by atoms with Crippen molar-refractivity contribution in [2.24, 2.45) is 0 Å². The Hall–Kier alpha value is -1.64. The van der Waals surface area contributed by atoms with Crippen molar-refractivity contribution in [1.82, 2.24) is 9.78 Å². The number of thioether (sulfide) groups is 1. The van der Waals surface area contributed by atoms with Crippen molar-refractivity contribution in [3.63, 3.8) is 0 Å². The van der Waals surface area contributed by atoms with Gasteiger partial charge in [0, 0.05) is 16.2 Å².